The lowest BCUT2D eigenvalue weighted by atomic mass is 9.99. The third-order valence-corrected chi connectivity index (χ3v) is 4.06. The van der Waals surface area contributed by atoms with Crippen molar-refractivity contribution < 1.29 is 0 Å². The molecule has 2 unspecified atom stereocenters. The van der Waals surface area contributed by atoms with E-state index in [1.165, 1.54) is 19.3 Å². The highest BCUT2D eigenvalue weighted by atomic mass is 15.2. The Morgan fingerprint density at radius 3 is 3.11 bits per heavy atom. The fourth-order valence-corrected chi connectivity index (χ4v) is 3.18. The summed E-state index contributed by atoms with van der Waals surface area (Å²) in [6.07, 6.45) is 10.1. The molecule has 1 fully saturated rings. The maximum absolute atomic E-state index is 4.53. The van der Waals surface area contributed by atoms with Gasteiger partial charge in [-0.2, -0.15) is 5.10 Å². The Hall–Kier alpha value is -1.91. The van der Waals surface area contributed by atoms with Crippen molar-refractivity contribution in [3.05, 3.63) is 24.2 Å². The second-order valence-corrected chi connectivity index (χ2v) is 5.39. The number of aromatic nitrogens is 4. The SMILES string of the molecule is Cc1nc(NC23C=CC(CC2)C3)c2cn[nH]c2n1. The summed E-state index contributed by atoms with van der Waals surface area (Å²) in [4.78, 5) is 8.88. The van der Waals surface area contributed by atoms with E-state index in [4.69, 9.17) is 0 Å². The molecule has 5 nitrogen and oxygen atoms in total. The number of nitrogens with zero attached hydrogens (tertiary/aromatic N) is 3. The monoisotopic (exact) mass is 241 g/mol. The number of fused-ring (bicyclic) bond motifs is 3. The van der Waals surface area contributed by atoms with Crippen LogP contribution in [-0.4, -0.2) is 25.7 Å². The minimum atomic E-state index is 0.107. The number of hydrogen-bond acceptors (Lipinski definition) is 4. The van der Waals surface area contributed by atoms with E-state index in [-0.39, 0.29) is 5.54 Å². The van der Waals surface area contributed by atoms with Gasteiger partial charge < -0.3 is 5.32 Å². The van der Waals surface area contributed by atoms with Crippen molar-refractivity contribution in [2.24, 2.45) is 5.92 Å². The number of H-pyrrole nitrogens is 1. The smallest absolute Gasteiger partial charge is 0.161 e. The van der Waals surface area contributed by atoms with Gasteiger partial charge in [-0.15, -0.1) is 0 Å². The molecule has 2 aromatic rings. The maximum atomic E-state index is 4.53. The highest BCUT2D eigenvalue weighted by Crippen LogP contribution is 2.44. The first kappa shape index (κ1) is 10.1. The lowest BCUT2D eigenvalue weighted by Gasteiger charge is -2.26. The third kappa shape index (κ3) is 1.36. The molecule has 0 aliphatic heterocycles. The number of allylic oxidation sites excluding steroid dienone is 1. The van der Waals surface area contributed by atoms with Crippen LogP contribution in [0.3, 0.4) is 0 Å². The van der Waals surface area contributed by atoms with Crippen LogP contribution in [0.2, 0.25) is 0 Å². The van der Waals surface area contributed by atoms with Gasteiger partial charge in [-0.05, 0) is 32.1 Å². The fourth-order valence-electron chi connectivity index (χ4n) is 3.18. The minimum Gasteiger partial charge on any atom is -0.360 e. The molecule has 2 aromatic heterocycles. The van der Waals surface area contributed by atoms with E-state index in [1.807, 2.05) is 6.92 Å². The molecule has 5 heteroatoms. The summed E-state index contributed by atoms with van der Waals surface area (Å²) in [7, 11) is 0. The zero-order valence-electron chi connectivity index (χ0n) is 10.3. The van der Waals surface area contributed by atoms with Crippen molar-refractivity contribution in [3.63, 3.8) is 0 Å². The van der Waals surface area contributed by atoms with Crippen LogP contribution in [0.1, 0.15) is 25.1 Å². The van der Waals surface area contributed by atoms with Crippen LogP contribution < -0.4 is 5.32 Å². The first-order valence-corrected chi connectivity index (χ1v) is 6.39. The zero-order chi connectivity index (χ0) is 12.2. The second-order valence-electron chi connectivity index (χ2n) is 5.39. The van der Waals surface area contributed by atoms with Gasteiger partial charge in [0.15, 0.2) is 5.65 Å². The van der Waals surface area contributed by atoms with Gasteiger partial charge >= 0.3 is 0 Å². The van der Waals surface area contributed by atoms with E-state index in [1.54, 1.807) is 6.20 Å². The molecule has 0 saturated heterocycles. The van der Waals surface area contributed by atoms with Crippen LogP contribution in [0, 0.1) is 12.8 Å². The molecule has 92 valence electrons. The van der Waals surface area contributed by atoms with Crippen molar-refractivity contribution in [3.8, 4) is 0 Å². The molecule has 18 heavy (non-hydrogen) atoms. The Morgan fingerprint density at radius 1 is 1.44 bits per heavy atom. The minimum absolute atomic E-state index is 0.107. The van der Waals surface area contributed by atoms with Crippen LogP contribution in [0.15, 0.2) is 18.3 Å². The van der Waals surface area contributed by atoms with Gasteiger partial charge in [0.25, 0.3) is 0 Å². The Morgan fingerprint density at radius 2 is 2.39 bits per heavy atom. The van der Waals surface area contributed by atoms with E-state index in [9.17, 15) is 0 Å². The van der Waals surface area contributed by atoms with Crippen molar-refractivity contribution in [2.45, 2.75) is 31.7 Å². The Labute approximate surface area is 105 Å². The van der Waals surface area contributed by atoms with Crippen LogP contribution in [0.4, 0.5) is 5.82 Å². The van der Waals surface area contributed by atoms with E-state index in [0.29, 0.717) is 0 Å². The lowest BCUT2D eigenvalue weighted by Crippen LogP contribution is -2.32. The van der Waals surface area contributed by atoms with Crippen LogP contribution in [0.5, 0.6) is 0 Å². The van der Waals surface area contributed by atoms with Crippen molar-refractivity contribution in [2.75, 3.05) is 5.32 Å². The summed E-state index contributed by atoms with van der Waals surface area (Å²) in [5, 5.41) is 11.5. The predicted molar refractivity (Wildman–Crippen MR) is 69.3 cm³/mol. The molecule has 0 radical (unpaired) electrons. The molecule has 4 rings (SSSR count). The van der Waals surface area contributed by atoms with Gasteiger partial charge in [-0.3, -0.25) is 5.10 Å². The molecule has 0 spiro atoms. The summed E-state index contributed by atoms with van der Waals surface area (Å²) in [6, 6.07) is 0. The van der Waals surface area contributed by atoms with Gasteiger partial charge in [-0.1, -0.05) is 12.2 Å². The molecule has 2 aliphatic rings. The quantitative estimate of drug-likeness (QED) is 0.791. The van der Waals surface area contributed by atoms with E-state index < -0.39 is 0 Å². The summed E-state index contributed by atoms with van der Waals surface area (Å²) < 4.78 is 0. The van der Waals surface area contributed by atoms with Gasteiger partial charge in [0.1, 0.15) is 11.6 Å². The van der Waals surface area contributed by atoms with Crippen LogP contribution in [0.25, 0.3) is 11.0 Å². The molecule has 0 amide bonds. The molecule has 2 atom stereocenters. The highest BCUT2D eigenvalue weighted by molar-refractivity contribution is 5.86. The van der Waals surface area contributed by atoms with Gasteiger partial charge in [-0.25, -0.2) is 9.97 Å². The first-order chi connectivity index (χ1) is 8.74. The summed E-state index contributed by atoms with van der Waals surface area (Å²) in [5.74, 6) is 2.42. The topological polar surface area (TPSA) is 66.5 Å². The van der Waals surface area contributed by atoms with Gasteiger partial charge in [0.2, 0.25) is 0 Å². The average Bonchev–Trinajstić information content (AvgIpc) is 3.02. The number of rotatable bonds is 2. The molecular formula is C13H15N5. The van der Waals surface area contributed by atoms with E-state index >= 15 is 0 Å². The molecule has 2 bridgehead atoms. The van der Waals surface area contributed by atoms with Crippen LogP contribution in [-0.2, 0) is 0 Å². The number of nitrogens with one attached hydrogen (secondary N) is 2. The Kier molecular flexibility index (Phi) is 1.85. The number of aryl methyl sites for hydroxylation is 1. The van der Waals surface area contributed by atoms with Crippen molar-refractivity contribution >= 4 is 16.9 Å². The summed E-state index contributed by atoms with van der Waals surface area (Å²) in [6.45, 7) is 1.91. The lowest BCUT2D eigenvalue weighted by molar-refractivity contribution is 0.605. The molecule has 1 saturated carbocycles. The zero-order valence-corrected chi connectivity index (χ0v) is 10.3. The number of anilines is 1. The van der Waals surface area contributed by atoms with Crippen molar-refractivity contribution in [1.29, 1.82) is 0 Å². The normalized spacial score (nSPS) is 29.3. The van der Waals surface area contributed by atoms with Crippen LogP contribution >= 0.6 is 0 Å². The average molecular weight is 241 g/mol. The number of hydrogen-bond donors (Lipinski definition) is 2. The van der Waals surface area contributed by atoms with Crippen molar-refractivity contribution in [1.82, 2.24) is 20.2 Å². The molecule has 2 aliphatic carbocycles. The Balaban J connectivity index is 1.79. The molecular weight excluding hydrogens is 226 g/mol. The molecule has 2 heterocycles. The predicted octanol–water partition coefficient (Wildman–Crippen LogP) is 2.18. The standard InChI is InChI=1S/C13H15N5/c1-8-15-11(10-7-14-18-12(10)16-8)17-13-4-2-9(6-13)3-5-13/h2,4,7,9H,3,5-6H2,1H3,(H2,14,15,16,17,18). The van der Waals surface area contributed by atoms with Gasteiger partial charge in [0, 0.05) is 0 Å². The van der Waals surface area contributed by atoms with E-state index in [0.717, 1.165) is 28.6 Å². The maximum Gasteiger partial charge on any atom is 0.161 e. The third-order valence-electron chi connectivity index (χ3n) is 4.06. The first-order valence-electron chi connectivity index (χ1n) is 6.39. The fraction of sp³-hybridized carbons (Fsp3) is 0.462. The summed E-state index contributed by atoms with van der Waals surface area (Å²) in [5.41, 5.74) is 0.910. The Bertz CT molecular complexity index is 644. The molecule has 2 N–H and O–H groups in total. The van der Waals surface area contributed by atoms with E-state index in [2.05, 4.69) is 37.6 Å². The second kappa shape index (κ2) is 3.31. The largest absolute Gasteiger partial charge is 0.360 e. The highest BCUT2D eigenvalue weighted by Gasteiger charge is 2.41. The summed E-state index contributed by atoms with van der Waals surface area (Å²) >= 11 is 0. The molecule has 0 aromatic carbocycles. The number of aromatic amines is 1. The van der Waals surface area contributed by atoms with Gasteiger partial charge in [0.05, 0.1) is 17.1 Å².